The molecule has 26 heavy (non-hydrogen) atoms. The third kappa shape index (κ3) is 3.58. The first-order valence-corrected chi connectivity index (χ1v) is 7.50. The molecule has 0 radical (unpaired) electrons. The summed E-state index contributed by atoms with van der Waals surface area (Å²) in [6, 6.07) is 6.88. The highest BCUT2D eigenvalue weighted by atomic mass is 19.4. The molecule has 1 aromatic carbocycles. The van der Waals surface area contributed by atoms with Crippen LogP contribution in [0, 0.1) is 10.1 Å². The van der Waals surface area contributed by atoms with Crippen molar-refractivity contribution in [1.29, 1.82) is 0 Å². The van der Waals surface area contributed by atoms with E-state index in [1.165, 1.54) is 35.4 Å². The van der Waals surface area contributed by atoms with Crippen LogP contribution in [0.3, 0.4) is 0 Å². The van der Waals surface area contributed by atoms with E-state index in [0.717, 1.165) is 5.56 Å². The molecule has 10 heteroatoms. The summed E-state index contributed by atoms with van der Waals surface area (Å²) >= 11 is 0. The molecule has 136 valence electrons. The molecular weight excluding hydrogens is 355 g/mol. The zero-order valence-corrected chi connectivity index (χ0v) is 13.2. The Labute approximate surface area is 145 Å². The molecular formula is C16H12F3N3O4. The van der Waals surface area contributed by atoms with Gasteiger partial charge in [-0.3, -0.25) is 14.9 Å². The molecule has 0 saturated heterocycles. The van der Waals surface area contributed by atoms with Gasteiger partial charge in [0, 0.05) is 24.9 Å². The number of nitro benzene ring substituents is 1. The second-order valence-corrected chi connectivity index (χ2v) is 5.54. The van der Waals surface area contributed by atoms with Gasteiger partial charge in [-0.2, -0.15) is 13.2 Å². The largest absolute Gasteiger partial charge is 0.467 e. The Balaban J connectivity index is 1.91. The molecule has 0 spiro atoms. The summed E-state index contributed by atoms with van der Waals surface area (Å²) in [4.78, 5) is 28.1. The third-order valence-corrected chi connectivity index (χ3v) is 3.79. The molecule has 1 aliphatic rings. The third-order valence-electron chi connectivity index (χ3n) is 3.79. The number of pyridine rings is 1. The van der Waals surface area contributed by atoms with Crippen molar-refractivity contribution in [2.75, 3.05) is 18.1 Å². The Morgan fingerprint density at radius 2 is 2.12 bits per heavy atom. The molecule has 0 atom stereocenters. The fourth-order valence-electron chi connectivity index (χ4n) is 2.66. The smallest absolute Gasteiger partial charge is 0.422 e. The van der Waals surface area contributed by atoms with E-state index in [9.17, 15) is 28.1 Å². The number of fused-ring (bicyclic) bond motifs is 1. The van der Waals surface area contributed by atoms with Crippen LogP contribution in [0.2, 0.25) is 0 Å². The highest BCUT2D eigenvalue weighted by Crippen LogP contribution is 2.33. The maximum atomic E-state index is 12.8. The minimum atomic E-state index is -4.57. The normalized spacial score (nSPS) is 13.4. The highest BCUT2D eigenvalue weighted by molar-refractivity contribution is 6.08. The van der Waals surface area contributed by atoms with E-state index in [2.05, 4.69) is 9.72 Å². The lowest BCUT2D eigenvalue weighted by Crippen LogP contribution is -2.30. The monoisotopic (exact) mass is 367 g/mol. The summed E-state index contributed by atoms with van der Waals surface area (Å²) in [6.07, 6.45) is -2.87. The minimum absolute atomic E-state index is 0.142. The predicted octanol–water partition coefficient (Wildman–Crippen LogP) is 3.13. The molecule has 0 N–H and O–H groups in total. The second kappa shape index (κ2) is 6.62. The molecule has 7 nitrogen and oxygen atoms in total. The molecule has 1 aromatic heterocycles. The zero-order valence-electron chi connectivity index (χ0n) is 13.2. The van der Waals surface area contributed by atoms with E-state index in [4.69, 9.17) is 0 Å². The number of carbonyl (C=O) groups is 1. The van der Waals surface area contributed by atoms with Crippen molar-refractivity contribution in [3.05, 3.63) is 57.8 Å². The molecule has 1 amide bonds. The van der Waals surface area contributed by atoms with Gasteiger partial charge in [0.2, 0.25) is 5.88 Å². The number of carbonyl (C=O) groups excluding carboxylic acids is 1. The average molecular weight is 367 g/mol. The molecule has 1 aliphatic heterocycles. The molecule has 0 bridgehead atoms. The van der Waals surface area contributed by atoms with Gasteiger partial charge in [0.15, 0.2) is 6.61 Å². The second-order valence-electron chi connectivity index (χ2n) is 5.54. The Morgan fingerprint density at radius 3 is 2.81 bits per heavy atom. The number of rotatable bonds is 4. The van der Waals surface area contributed by atoms with Gasteiger partial charge in [-0.1, -0.05) is 6.07 Å². The van der Waals surface area contributed by atoms with Gasteiger partial charge in [0.05, 0.1) is 10.6 Å². The first kappa shape index (κ1) is 17.6. The van der Waals surface area contributed by atoms with Gasteiger partial charge in [-0.05, 0) is 24.1 Å². The fraction of sp³-hybridized carbons (Fsp3) is 0.250. The van der Waals surface area contributed by atoms with E-state index in [-0.39, 0.29) is 17.8 Å². The van der Waals surface area contributed by atoms with Crippen LogP contribution in [0.4, 0.5) is 24.5 Å². The number of non-ortho nitro benzene ring substituents is 1. The van der Waals surface area contributed by atoms with Gasteiger partial charge in [0.25, 0.3) is 11.6 Å². The Bertz CT molecular complexity index is 870. The summed E-state index contributed by atoms with van der Waals surface area (Å²) in [5.41, 5.74) is 0.778. The van der Waals surface area contributed by atoms with Gasteiger partial charge in [-0.25, -0.2) is 4.98 Å². The molecule has 0 unspecified atom stereocenters. The minimum Gasteiger partial charge on any atom is -0.467 e. The summed E-state index contributed by atoms with van der Waals surface area (Å²) in [6.45, 7) is -1.32. The van der Waals surface area contributed by atoms with Crippen molar-refractivity contribution in [1.82, 2.24) is 4.98 Å². The van der Waals surface area contributed by atoms with Crippen molar-refractivity contribution in [2.45, 2.75) is 12.6 Å². The SMILES string of the molecule is O=C(c1cccnc1OCC(F)(F)F)N1CCc2ccc([N+](=O)[O-])cc21. The van der Waals surface area contributed by atoms with Crippen LogP contribution in [0.15, 0.2) is 36.5 Å². The summed E-state index contributed by atoms with van der Waals surface area (Å²) in [5, 5.41) is 10.9. The standard InChI is InChI=1S/C16H12F3N3O4/c17-16(18,19)9-26-14-12(2-1-6-20-14)15(23)21-7-5-10-3-4-11(22(24)25)8-13(10)21/h1-4,6,8H,5,7,9H2. The van der Waals surface area contributed by atoms with Crippen LogP contribution in [-0.4, -0.2) is 35.1 Å². The number of hydrogen-bond acceptors (Lipinski definition) is 5. The zero-order chi connectivity index (χ0) is 18.9. The Hall–Kier alpha value is -3.17. The number of ether oxygens (including phenoxy) is 1. The number of halogens is 3. The first-order chi connectivity index (χ1) is 12.3. The number of hydrogen-bond donors (Lipinski definition) is 0. The van der Waals surface area contributed by atoms with Crippen LogP contribution >= 0.6 is 0 Å². The number of nitrogens with zero attached hydrogens (tertiary/aromatic N) is 3. The molecule has 0 aliphatic carbocycles. The number of alkyl halides is 3. The number of anilines is 1. The van der Waals surface area contributed by atoms with E-state index < -0.39 is 29.5 Å². The maximum absolute atomic E-state index is 12.8. The summed E-state index contributed by atoms with van der Waals surface area (Å²) in [7, 11) is 0. The molecule has 0 saturated carbocycles. The molecule has 2 heterocycles. The van der Waals surface area contributed by atoms with Crippen LogP contribution in [0.1, 0.15) is 15.9 Å². The van der Waals surface area contributed by atoms with Crippen molar-refractivity contribution in [2.24, 2.45) is 0 Å². The van der Waals surface area contributed by atoms with Crippen LogP contribution in [-0.2, 0) is 6.42 Å². The number of nitro groups is 1. The van der Waals surface area contributed by atoms with E-state index >= 15 is 0 Å². The van der Waals surface area contributed by atoms with Crippen LogP contribution in [0.5, 0.6) is 5.88 Å². The van der Waals surface area contributed by atoms with Crippen molar-refractivity contribution >= 4 is 17.3 Å². The lowest BCUT2D eigenvalue weighted by molar-refractivity contribution is -0.384. The van der Waals surface area contributed by atoms with Crippen molar-refractivity contribution < 1.29 is 27.6 Å². The van der Waals surface area contributed by atoms with Crippen LogP contribution < -0.4 is 9.64 Å². The van der Waals surface area contributed by atoms with E-state index in [0.29, 0.717) is 12.1 Å². The Kier molecular flexibility index (Phi) is 4.49. The fourth-order valence-corrected chi connectivity index (χ4v) is 2.66. The van der Waals surface area contributed by atoms with Crippen LogP contribution in [0.25, 0.3) is 0 Å². The predicted molar refractivity (Wildman–Crippen MR) is 84.3 cm³/mol. The van der Waals surface area contributed by atoms with Gasteiger partial charge >= 0.3 is 6.18 Å². The molecule has 3 rings (SSSR count). The van der Waals surface area contributed by atoms with Gasteiger partial charge in [0.1, 0.15) is 5.56 Å². The van der Waals surface area contributed by atoms with E-state index in [1.54, 1.807) is 6.07 Å². The number of amides is 1. The van der Waals surface area contributed by atoms with Gasteiger partial charge in [-0.15, -0.1) is 0 Å². The lowest BCUT2D eigenvalue weighted by atomic mass is 10.1. The highest BCUT2D eigenvalue weighted by Gasteiger charge is 2.32. The van der Waals surface area contributed by atoms with Crippen molar-refractivity contribution in [3.63, 3.8) is 0 Å². The van der Waals surface area contributed by atoms with Gasteiger partial charge < -0.3 is 9.64 Å². The lowest BCUT2D eigenvalue weighted by Gasteiger charge is -2.19. The number of benzene rings is 1. The van der Waals surface area contributed by atoms with Crippen molar-refractivity contribution in [3.8, 4) is 5.88 Å². The molecule has 0 fully saturated rings. The maximum Gasteiger partial charge on any atom is 0.422 e. The number of aromatic nitrogens is 1. The first-order valence-electron chi connectivity index (χ1n) is 7.50. The average Bonchev–Trinajstić information content (AvgIpc) is 3.02. The topological polar surface area (TPSA) is 85.6 Å². The Morgan fingerprint density at radius 1 is 1.35 bits per heavy atom. The van der Waals surface area contributed by atoms with E-state index in [1.807, 2.05) is 0 Å². The molecule has 2 aromatic rings. The quantitative estimate of drug-likeness (QED) is 0.612. The summed E-state index contributed by atoms with van der Waals surface area (Å²) in [5.74, 6) is -1.07. The summed E-state index contributed by atoms with van der Waals surface area (Å²) < 4.78 is 41.8.